The Morgan fingerprint density at radius 3 is 2.54 bits per heavy atom. The van der Waals surface area contributed by atoms with Crippen molar-refractivity contribution in [1.29, 1.82) is 0 Å². The van der Waals surface area contributed by atoms with Gasteiger partial charge in [0.15, 0.2) is 34.7 Å². The molecule has 3 aliphatic rings. The first kappa shape index (κ1) is 23.0. The lowest BCUT2D eigenvalue weighted by atomic mass is 9.53. The number of rotatable bonds is 3. The van der Waals surface area contributed by atoms with Crippen LogP contribution in [-0.2, 0) is 32.2 Å². The van der Waals surface area contributed by atoms with Crippen LogP contribution in [0.4, 0.5) is 0 Å². The van der Waals surface area contributed by atoms with Crippen LogP contribution in [-0.4, -0.2) is 54.9 Å². The van der Waals surface area contributed by atoms with Crippen molar-refractivity contribution in [2.75, 3.05) is 0 Å². The van der Waals surface area contributed by atoms with E-state index in [1.807, 2.05) is 0 Å². The van der Waals surface area contributed by atoms with Crippen LogP contribution in [0.15, 0.2) is 30.6 Å². The average molecular weight is 478 g/mol. The number of aliphatic hydroxyl groups is 2. The maximum Gasteiger partial charge on any atom is 0.235 e. The molecule has 1 amide bonds. The standard InChI is InChI=1S/C25H22N2O8/c26-24(34)20-17(30)6-13-4-11-5-15-14(12-3-10(9-28)7-27-8-12)1-2-16(29)19(15)21(31)18(11)22(32)25(13,35)23(20)33/h1-3,7-8,11,13,18,20,28-29,35H,4-6,9H2,(H2,26,34)/t11-,13+,18?,20?,25+/m1/s1. The quantitative estimate of drug-likeness (QED) is 0.437. The molecule has 0 aliphatic heterocycles. The number of benzene rings is 1. The van der Waals surface area contributed by atoms with Crippen molar-refractivity contribution in [2.24, 2.45) is 29.4 Å². The second-order valence-electron chi connectivity index (χ2n) is 9.47. The van der Waals surface area contributed by atoms with Gasteiger partial charge in [-0.3, -0.25) is 29.0 Å². The smallest absolute Gasteiger partial charge is 0.235 e. The Hall–Kier alpha value is -3.76. The number of nitrogens with two attached hydrogens (primary N) is 1. The molecule has 0 saturated heterocycles. The van der Waals surface area contributed by atoms with Crippen LogP contribution in [0.3, 0.4) is 0 Å². The number of Topliss-reactive ketones (excluding diaryl/α,β-unsaturated/α-hetero) is 4. The van der Waals surface area contributed by atoms with Gasteiger partial charge in [0.1, 0.15) is 5.75 Å². The number of pyridine rings is 1. The molecular formula is C25H22N2O8. The van der Waals surface area contributed by atoms with Gasteiger partial charge >= 0.3 is 0 Å². The Kier molecular flexibility index (Phi) is 5.19. The molecule has 10 heteroatoms. The summed E-state index contributed by atoms with van der Waals surface area (Å²) in [5.74, 6) is -10.5. The minimum absolute atomic E-state index is 0.0189. The lowest BCUT2D eigenvalue weighted by Gasteiger charge is -2.48. The second-order valence-corrected chi connectivity index (χ2v) is 9.47. The van der Waals surface area contributed by atoms with Crippen molar-refractivity contribution in [2.45, 2.75) is 31.5 Å². The van der Waals surface area contributed by atoms with Crippen LogP contribution < -0.4 is 5.73 Å². The van der Waals surface area contributed by atoms with E-state index in [1.54, 1.807) is 18.3 Å². The van der Waals surface area contributed by atoms with Gasteiger partial charge in [0.2, 0.25) is 5.91 Å². The maximum absolute atomic E-state index is 13.6. The monoisotopic (exact) mass is 478 g/mol. The number of amides is 1. The van der Waals surface area contributed by atoms with Crippen LogP contribution >= 0.6 is 0 Å². The number of aliphatic hydroxyl groups excluding tert-OH is 1. The van der Waals surface area contributed by atoms with Gasteiger partial charge in [-0.15, -0.1) is 0 Å². The highest BCUT2D eigenvalue weighted by Gasteiger charge is 2.66. The first-order valence-corrected chi connectivity index (χ1v) is 11.2. The lowest BCUT2D eigenvalue weighted by Crippen LogP contribution is -2.68. The normalized spacial score (nSPS) is 29.9. The zero-order chi connectivity index (χ0) is 25.2. The summed E-state index contributed by atoms with van der Waals surface area (Å²) in [4.78, 5) is 68.3. The number of carbonyl (C=O) groups is 5. The summed E-state index contributed by atoms with van der Waals surface area (Å²) in [5.41, 5.74) is 4.65. The number of hydrogen-bond donors (Lipinski definition) is 4. The number of primary amides is 1. The zero-order valence-electron chi connectivity index (χ0n) is 18.4. The summed E-state index contributed by atoms with van der Waals surface area (Å²) in [5, 5.41) is 31.2. The van der Waals surface area contributed by atoms with Crippen LogP contribution in [0.5, 0.6) is 5.75 Å². The summed E-state index contributed by atoms with van der Waals surface area (Å²) in [6.45, 7) is -0.242. The molecule has 0 radical (unpaired) electrons. The van der Waals surface area contributed by atoms with E-state index in [1.165, 1.54) is 12.3 Å². The third kappa shape index (κ3) is 3.17. The number of aromatic nitrogens is 1. The first-order chi connectivity index (χ1) is 16.6. The molecule has 2 aromatic rings. The molecule has 5 rings (SSSR count). The number of fused-ring (bicyclic) bond motifs is 3. The number of phenols is 1. The van der Waals surface area contributed by atoms with Crippen molar-refractivity contribution in [3.8, 4) is 16.9 Å². The summed E-state index contributed by atoms with van der Waals surface area (Å²) in [7, 11) is 0. The second kappa shape index (κ2) is 7.89. The van der Waals surface area contributed by atoms with Crippen LogP contribution in [0.1, 0.15) is 34.3 Å². The van der Waals surface area contributed by atoms with Gasteiger partial charge in [-0.1, -0.05) is 6.07 Å². The summed E-state index contributed by atoms with van der Waals surface area (Å²) >= 11 is 0. The highest BCUT2D eigenvalue weighted by atomic mass is 16.3. The van der Waals surface area contributed by atoms with Gasteiger partial charge in [-0.2, -0.15) is 0 Å². The largest absolute Gasteiger partial charge is 0.507 e. The molecule has 1 aromatic heterocycles. The highest BCUT2D eigenvalue weighted by Crippen LogP contribution is 2.51. The maximum atomic E-state index is 13.6. The minimum atomic E-state index is -2.67. The van der Waals surface area contributed by atoms with Crippen molar-refractivity contribution in [3.05, 3.63) is 47.3 Å². The number of hydrogen-bond acceptors (Lipinski definition) is 9. The lowest BCUT2D eigenvalue weighted by molar-refractivity contribution is -0.175. The molecule has 2 saturated carbocycles. The van der Waals surface area contributed by atoms with E-state index in [4.69, 9.17) is 5.73 Å². The molecular weight excluding hydrogens is 456 g/mol. The van der Waals surface area contributed by atoms with E-state index in [-0.39, 0.29) is 37.2 Å². The Bertz CT molecular complexity index is 1330. The van der Waals surface area contributed by atoms with E-state index in [9.17, 15) is 39.3 Å². The van der Waals surface area contributed by atoms with E-state index < -0.39 is 58.3 Å². The van der Waals surface area contributed by atoms with E-state index in [0.717, 1.165) is 0 Å². The third-order valence-corrected chi connectivity index (χ3v) is 7.57. The predicted molar refractivity (Wildman–Crippen MR) is 118 cm³/mol. The fourth-order valence-corrected chi connectivity index (χ4v) is 5.96. The van der Waals surface area contributed by atoms with Crippen molar-refractivity contribution >= 4 is 29.0 Å². The molecule has 0 bridgehead atoms. The van der Waals surface area contributed by atoms with Gasteiger partial charge in [-0.05, 0) is 47.6 Å². The Morgan fingerprint density at radius 1 is 1.11 bits per heavy atom. The fraction of sp³-hybridized carbons (Fsp3) is 0.360. The molecule has 5 N–H and O–H groups in total. The topological polar surface area (TPSA) is 185 Å². The minimum Gasteiger partial charge on any atom is -0.507 e. The van der Waals surface area contributed by atoms with E-state index in [0.29, 0.717) is 22.3 Å². The molecule has 10 nitrogen and oxygen atoms in total. The zero-order valence-corrected chi connectivity index (χ0v) is 18.4. The highest BCUT2D eigenvalue weighted by molar-refractivity contribution is 6.31. The van der Waals surface area contributed by atoms with E-state index >= 15 is 0 Å². The van der Waals surface area contributed by atoms with E-state index in [2.05, 4.69) is 4.98 Å². The molecule has 0 spiro atoms. The van der Waals surface area contributed by atoms with Crippen molar-refractivity contribution < 1.29 is 39.3 Å². The van der Waals surface area contributed by atoms with Crippen LogP contribution in [0, 0.1) is 23.7 Å². The van der Waals surface area contributed by atoms with Gasteiger partial charge in [0.25, 0.3) is 0 Å². The number of phenolic OH excluding ortho intramolecular Hbond substituents is 1. The van der Waals surface area contributed by atoms with Gasteiger partial charge in [-0.25, -0.2) is 0 Å². The molecule has 35 heavy (non-hydrogen) atoms. The number of nitrogens with zero attached hydrogens (tertiary/aromatic N) is 1. The molecule has 1 aromatic carbocycles. The Balaban J connectivity index is 1.61. The number of ketones is 4. The summed E-state index contributed by atoms with van der Waals surface area (Å²) in [6, 6.07) is 4.63. The number of aromatic hydroxyl groups is 1. The first-order valence-electron chi connectivity index (χ1n) is 11.2. The molecule has 1 heterocycles. The Morgan fingerprint density at radius 2 is 1.86 bits per heavy atom. The fourth-order valence-electron chi connectivity index (χ4n) is 5.96. The summed E-state index contributed by atoms with van der Waals surface area (Å²) in [6.07, 6.45) is 2.84. The molecule has 2 fully saturated rings. The molecule has 3 aliphatic carbocycles. The predicted octanol–water partition coefficient (Wildman–Crippen LogP) is -0.119. The summed E-state index contributed by atoms with van der Waals surface area (Å²) < 4.78 is 0. The van der Waals surface area contributed by atoms with Gasteiger partial charge < -0.3 is 21.1 Å². The van der Waals surface area contributed by atoms with Crippen LogP contribution in [0.25, 0.3) is 11.1 Å². The van der Waals surface area contributed by atoms with Crippen LogP contribution in [0.2, 0.25) is 0 Å². The van der Waals surface area contributed by atoms with Gasteiger partial charge in [0.05, 0.1) is 18.1 Å². The Labute approximate surface area is 198 Å². The molecule has 180 valence electrons. The third-order valence-electron chi connectivity index (χ3n) is 7.57. The SMILES string of the molecule is NC(=O)C1C(=O)C[C@@H]2C[C@@H]3Cc4c(-c5cncc(CO)c5)ccc(O)c4C(=O)C3C(=O)[C@]2(O)C1=O. The average Bonchev–Trinajstić information content (AvgIpc) is 2.81. The van der Waals surface area contributed by atoms with Gasteiger partial charge in [0, 0.05) is 30.3 Å². The van der Waals surface area contributed by atoms with Crippen molar-refractivity contribution in [3.63, 3.8) is 0 Å². The molecule has 5 atom stereocenters. The van der Waals surface area contributed by atoms with Crippen molar-refractivity contribution in [1.82, 2.24) is 4.98 Å². The number of carbonyl (C=O) groups excluding carboxylic acids is 5. The molecule has 2 unspecified atom stereocenters.